The van der Waals surface area contributed by atoms with Crippen molar-refractivity contribution in [1.82, 2.24) is 10.2 Å². The number of hydrogen-bond donors (Lipinski definition) is 3. The molecule has 0 saturated heterocycles. The molecule has 2 amide bonds. The molecule has 4 aromatic rings. The largest absolute Gasteiger partial charge is 0.481 e. The molecule has 0 fully saturated rings. The number of aryl methyl sites for hydroxylation is 1. The zero-order valence-electron chi connectivity index (χ0n) is 23.6. The standard InChI is InChI=1S/C35H36N2O5/c1-25(20-21-26-12-4-2-5-13-26)37(23-22-33(39)40)35(42)31-19-11-9-17-29(31)28-16-8-10-18-30(28)34(41)36-32(24-38)27-14-6-3-7-15-27/h2-19,25,32,38H,20-24H2,1H3,(H,36,41)(H,39,40)/t25?,32-/m1/s1. The first-order valence-electron chi connectivity index (χ1n) is 14.1. The van der Waals surface area contributed by atoms with E-state index >= 15 is 0 Å². The molecule has 0 saturated carbocycles. The maximum absolute atomic E-state index is 14.1. The van der Waals surface area contributed by atoms with Gasteiger partial charge >= 0.3 is 5.97 Å². The average Bonchev–Trinajstić information content (AvgIpc) is 3.03. The molecule has 3 N–H and O–H groups in total. The third-order valence-corrected chi connectivity index (χ3v) is 7.36. The van der Waals surface area contributed by atoms with Crippen LogP contribution < -0.4 is 5.32 Å². The first-order valence-corrected chi connectivity index (χ1v) is 14.1. The van der Waals surface area contributed by atoms with Crippen LogP contribution in [0, 0.1) is 0 Å². The molecule has 4 rings (SSSR count). The van der Waals surface area contributed by atoms with Crippen molar-refractivity contribution < 1.29 is 24.6 Å². The number of carbonyl (C=O) groups excluding carboxylic acids is 2. The molecular formula is C35H36N2O5. The monoisotopic (exact) mass is 564 g/mol. The second-order valence-electron chi connectivity index (χ2n) is 10.2. The Labute approximate surface area is 246 Å². The van der Waals surface area contributed by atoms with Crippen molar-refractivity contribution >= 4 is 17.8 Å². The quantitative estimate of drug-likeness (QED) is 0.192. The molecule has 42 heavy (non-hydrogen) atoms. The second-order valence-corrected chi connectivity index (χ2v) is 10.2. The van der Waals surface area contributed by atoms with E-state index in [4.69, 9.17) is 0 Å². The van der Waals surface area contributed by atoms with Crippen molar-refractivity contribution in [3.8, 4) is 11.1 Å². The number of benzene rings is 4. The Morgan fingerprint density at radius 3 is 1.93 bits per heavy atom. The molecule has 0 heterocycles. The molecule has 7 heteroatoms. The van der Waals surface area contributed by atoms with E-state index in [9.17, 15) is 24.6 Å². The molecule has 0 bridgehead atoms. The fourth-order valence-corrected chi connectivity index (χ4v) is 5.05. The summed E-state index contributed by atoms with van der Waals surface area (Å²) in [5.41, 5.74) is 3.81. The van der Waals surface area contributed by atoms with Crippen LogP contribution in [0.15, 0.2) is 109 Å². The second kappa shape index (κ2) is 14.8. The summed E-state index contributed by atoms with van der Waals surface area (Å²) >= 11 is 0. The van der Waals surface area contributed by atoms with Gasteiger partial charge in [0, 0.05) is 23.7 Å². The zero-order chi connectivity index (χ0) is 29.9. The normalized spacial score (nSPS) is 12.2. The predicted octanol–water partition coefficient (Wildman–Crippen LogP) is 5.76. The van der Waals surface area contributed by atoms with Gasteiger partial charge in [0.15, 0.2) is 0 Å². The zero-order valence-corrected chi connectivity index (χ0v) is 23.6. The number of nitrogens with zero attached hydrogens (tertiary/aromatic N) is 1. The van der Waals surface area contributed by atoms with Gasteiger partial charge in [-0.25, -0.2) is 0 Å². The highest BCUT2D eigenvalue weighted by molar-refractivity contribution is 6.06. The fraction of sp³-hybridized carbons (Fsp3) is 0.229. The van der Waals surface area contributed by atoms with Gasteiger partial charge in [0.1, 0.15) is 0 Å². The van der Waals surface area contributed by atoms with Gasteiger partial charge in [-0.2, -0.15) is 0 Å². The van der Waals surface area contributed by atoms with Crippen LogP contribution in [0.3, 0.4) is 0 Å². The molecule has 0 spiro atoms. The van der Waals surface area contributed by atoms with Crippen LogP contribution >= 0.6 is 0 Å². The van der Waals surface area contributed by atoms with Crippen LogP contribution in [0.1, 0.15) is 57.7 Å². The van der Waals surface area contributed by atoms with E-state index in [2.05, 4.69) is 5.32 Å². The third-order valence-electron chi connectivity index (χ3n) is 7.36. The van der Waals surface area contributed by atoms with Crippen LogP contribution in [-0.2, 0) is 11.2 Å². The van der Waals surface area contributed by atoms with E-state index < -0.39 is 12.0 Å². The van der Waals surface area contributed by atoms with Crippen LogP contribution in [0.25, 0.3) is 11.1 Å². The lowest BCUT2D eigenvalue weighted by atomic mass is 9.93. The lowest BCUT2D eigenvalue weighted by molar-refractivity contribution is -0.137. The van der Waals surface area contributed by atoms with E-state index in [-0.39, 0.29) is 37.4 Å². The van der Waals surface area contributed by atoms with Gasteiger partial charge in [-0.3, -0.25) is 14.4 Å². The highest BCUT2D eigenvalue weighted by Gasteiger charge is 2.26. The molecule has 0 aliphatic heterocycles. The summed E-state index contributed by atoms with van der Waals surface area (Å²) in [7, 11) is 0. The number of aliphatic hydroxyl groups excluding tert-OH is 1. The lowest BCUT2D eigenvalue weighted by Gasteiger charge is -2.30. The van der Waals surface area contributed by atoms with E-state index in [0.717, 1.165) is 17.5 Å². The number of rotatable bonds is 13. The van der Waals surface area contributed by atoms with Gasteiger partial charge in [-0.05, 0) is 54.2 Å². The summed E-state index contributed by atoms with van der Waals surface area (Å²) < 4.78 is 0. The summed E-state index contributed by atoms with van der Waals surface area (Å²) in [5, 5.41) is 22.3. The van der Waals surface area contributed by atoms with Gasteiger partial charge in [-0.15, -0.1) is 0 Å². The van der Waals surface area contributed by atoms with E-state index in [0.29, 0.717) is 28.7 Å². The summed E-state index contributed by atoms with van der Waals surface area (Å²) in [6.07, 6.45) is 1.24. The first kappa shape index (κ1) is 30.2. The van der Waals surface area contributed by atoms with Gasteiger partial charge in [0.2, 0.25) is 0 Å². The van der Waals surface area contributed by atoms with Crippen molar-refractivity contribution in [2.45, 2.75) is 38.3 Å². The maximum atomic E-state index is 14.1. The smallest absolute Gasteiger partial charge is 0.305 e. The van der Waals surface area contributed by atoms with Crippen molar-refractivity contribution in [3.63, 3.8) is 0 Å². The number of carboxylic acid groups (broad SMARTS) is 1. The average molecular weight is 565 g/mol. The molecule has 0 radical (unpaired) electrons. The highest BCUT2D eigenvalue weighted by atomic mass is 16.4. The van der Waals surface area contributed by atoms with Crippen molar-refractivity contribution in [2.24, 2.45) is 0 Å². The molecular weight excluding hydrogens is 528 g/mol. The van der Waals surface area contributed by atoms with Gasteiger partial charge in [0.25, 0.3) is 11.8 Å². The number of carbonyl (C=O) groups is 3. The molecule has 1 unspecified atom stereocenters. The van der Waals surface area contributed by atoms with Crippen LogP contribution in [0.2, 0.25) is 0 Å². The number of nitrogens with one attached hydrogen (secondary N) is 1. The van der Waals surface area contributed by atoms with Crippen molar-refractivity contribution in [1.29, 1.82) is 0 Å². The number of hydrogen-bond acceptors (Lipinski definition) is 4. The number of amides is 2. The SMILES string of the molecule is CC(CCc1ccccc1)N(CCC(=O)O)C(=O)c1ccccc1-c1ccccc1C(=O)N[C@H](CO)c1ccccc1. The van der Waals surface area contributed by atoms with Crippen LogP contribution in [-0.4, -0.2) is 52.1 Å². The molecule has 0 aromatic heterocycles. The molecule has 0 aliphatic carbocycles. The molecule has 4 aromatic carbocycles. The Kier molecular flexibility index (Phi) is 10.6. The Balaban J connectivity index is 1.64. The minimum atomic E-state index is -0.977. The Morgan fingerprint density at radius 1 is 0.762 bits per heavy atom. The first-order chi connectivity index (χ1) is 20.4. The number of carboxylic acids is 1. The summed E-state index contributed by atoms with van der Waals surface area (Å²) in [6.45, 7) is 1.73. The molecule has 0 aliphatic rings. The Bertz CT molecular complexity index is 1490. The van der Waals surface area contributed by atoms with E-state index in [1.54, 1.807) is 47.4 Å². The third kappa shape index (κ3) is 7.71. The maximum Gasteiger partial charge on any atom is 0.305 e. The van der Waals surface area contributed by atoms with Crippen molar-refractivity contribution in [3.05, 3.63) is 131 Å². The summed E-state index contributed by atoms with van der Waals surface area (Å²) in [4.78, 5) is 40.7. The number of aliphatic carboxylic acids is 1. The highest BCUT2D eigenvalue weighted by Crippen LogP contribution is 2.29. The molecule has 2 atom stereocenters. The fourth-order valence-electron chi connectivity index (χ4n) is 5.05. The van der Waals surface area contributed by atoms with E-state index in [1.807, 2.05) is 73.7 Å². The van der Waals surface area contributed by atoms with E-state index in [1.165, 1.54) is 0 Å². The van der Waals surface area contributed by atoms with Gasteiger partial charge in [-0.1, -0.05) is 97.1 Å². The Hall–Kier alpha value is -4.75. The van der Waals surface area contributed by atoms with Crippen LogP contribution in [0.5, 0.6) is 0 Å². The predicted molar refractivity (Wildman–Crippen MR) is 163 cm³/mol. The minimum absolute atomic E-state index is 0.0653. The lowest BCUT2D eigenvalue weighted by Crippen LogP contribution is -2.40. The Morgan fingerprint density at radius 2 is 1.31 bits per heavy atom. The summed E-state index contributed by atoms with van der Waals surface area (Å²) in [5.74, 6) is -1.65. The topological polar surface area (TPSA) is 107 Å². The molecule has 216 valence electrons. The molecule has 7 nitrogen and oxygen atoms in total. The number of aliphatic hydroxyl groups is 1. The minimum Gasteiger partial charge on any atom is -0.481 e. The van der Waals surface area contributed by atoms with Gasteiger partial charge < -0.3 is 20.4 Å². The van der Waals surface area contributed by atoms with Gasteiger partial charge in [0.05, 0.1) is 19.1 Å². The summed E-state index contributed by atoms with van der Waals surface area (Å²) in [6, 6.07) is 32.5. The van der Waals surface area contributed by atoms with Crippen molar-refractivity contribution in [2.75, 3.05) is 13.2 Å². The van der Waals surface area contributed by atoms with Crippen LogP contribution in [0.4, 0.5) is 0 Å².